The Balaban J connectivity index is 1.79. The number of nitrogens with one attached hydrogen (secondary N) is 1. The number of furan rings is 1. The highest BCUT2D eigenvalue weighted by molar-refractivity contribution is 5.30. The molecule has 1 aliphatic rings. The Morgan fingerprint density at radius 1 is 1.26 bits per heavy atom. The van der Waals surface area contributed by atoms with E-state index in [-0.39, 0.29) is 0 Å². The van der Waals surface area contributed by atoms with E-state index in [9.17, 15) is 0 Å². The Hall–Kier alpha value is -1.54. The van der Waals surface area contributed by atoms with E-state index in [0.717, 1.165) is 12.3 Å². The van der Waals surface area contributed by atoms with Crippen molar-refractivity contribution in [2.75, 3.05) is 6.54 Å². The molecule has 1 N–H and O–H groups in total. The van der Waals surface area contributed by atoms with Gasteiger partial charge in [-0.15, -0.1) is 0 Å². The molecule has 0 bridgehead atoms. The molecule has 0 amide bonds. The SMILES string of the molecule is CCNC(c1occc1C)C1CC1c1ccccc1. The van der Waals surface area contributed by atoms with Crippen LogP contribution in [0.4, 0.5) is 0 Å². The maximum Gasteiger partial charge on any atom is 0.123 e. The highest BCUT2D eigenvalue weighted by Gasteiger charge is 2.45. The van der Waals surface area contributed by atoms with E-state index < -0.39 is 0 Å². The van der Waals surface area contributed by atoms with Crippen LogP contribution in [0.3, 0.4) is 0 Å². The second-order valence-corrected chi connectivity index (χ2v) is 5.42. The topological polar surface area (TPSA) is 25.2 Å². The van der Waals surface area contributed by atoms with Crippen LogP contribution in [-0.2, 0) is 0 Å². The summed E-state index contributed by atoms with van der Waals surface area (Å²) in [6.45, 7) is 5.26. The molecule has 19 heavy (non-hydrogen) atoms. The first-order valence-electron chi connectivity index (χ1n) is 7.13. The molecule has 3 rings (SSSR count). The zero-order valence-corrected chi connectivity index (χ0v) is 11.6. The Kier molecular flexibility index (Phi) is 3.43. The Morgan fingerprint density at radius 3 is 2.68 bits per heavy atom. The minimum Gasteiger partial charge on any atom is -0.467 e. The Labute approximate surface area is 114 Å². The summed E-state index contributed by atoms with van der Waals surface area (Å²) in [5, 5.41) is 3.59. The van der Waals surface area contributed by atoms with Crippen LogP contribution < -0.4 is 5.32 Å². The van der Waals surface area contributed by atoms with E-state index in [4.69, 9.17) is 4.42 Å². The lowest BCUT2D eigenvalue weighted by Gasteiger charge is -2.17. The molecule has 1 fully saturated rings. The minimum atomic E-state index is 0.352. The maximum absolute atomic E-state index is 5.70. The molecule has 1 aliphatic carbocycles. The van der Waals surface area contributed by atoms with Crippen molar-refractivity contribution in [3.8, 4) is 0 Å². The van der Waals surface area contributed by atoms with Gasteiger partial charge in [0.25, 0.3) is 0 Å². The van der Waals surface area contributed by atoms with Gasteiger partial charge in [0.2, 0.25) is 0 Å². The third-order valence-corrected chi connectivity index (χ3v) is 4.10. The van der Waals surface area contributed by atoms with Crippen LogP contribution in [0.5, 0.6) is 0 Å². The average molecular weight is 255 g/mol. The molecule has 1 saturated carbocycles. The van der Waals surface area contributed by atoms with Crippen molar-refractivity contribution in [3.63, 3.8) is 0 Å². The quantitative estimate of drug-likeness (QED) is 0.872. The molecule has 1 aromatic carbocycles. The van der Waals surface area contributed by atoms with Gasteiger partial charge < -0.3 is 9.73 Å². The first-order chi connectivity index (χ1) is 9.31. The fraction of sp³-hybridized carbons (Fsp3) is 0.412. The summed E-state index contributed by atoms with van der Waals surface area (Å²) >= 11 is 0. The summed E-state index contributed by atoms with van der Waals surface area (Å²) in [6.07, 6.45) is 3.05. The van der Waals surface area contributed by atoms with Gasteiger partial charge in [0, 0.05) is 0 Å². The van der Waals surface area contributed by atoms with Gasteiger partial charge >= 0.3 is 0 Å². The lowest BCUT2D eigenvalue weighted by molar-refractivity contribution is 0.382. The van der Waals surface area contributed by atoms with Gasteiger partial charge in [0.1, 0.15) is 5.76 Å². The van der Waals surface area contributed by atoms with E-state index in [1.165, 1.54) is 17.5 Å². The van der Waals surface area contributed by atoms with E-state index in [1.54, 1.807) is 6.26 Å². The van der Waals surface area contributed by atoms with Crippen molar-refractivity contribution in [1.82, 2.24) is 5.32 Å². The molecule has 0 aliphatic heterocycles. The van der Waals surface area contributed by atoms with Crippen LogP contribution in [-0.4, -0.2) is 6.54 Å². The summed E-state index contributed by atoms with van der Waals surface area (Å²) < 4.78 is 5.70. The Morgan fingerprint density at radius 2 is 2.05 bits per heavy atom. The fourth-order valence-corrected chi connectivity index (χ4v) is 3.03. The Bertz CT molecular complexity index is 531. The zero-order chi connectivity index (χ0) is 13.2. The predicted octanol–water partition coefficient (Wildman–Crippen LogP) is 4.04. The second kappa shape index (κ2) is 5.22. The fourth-order valence-electron chi connectivity index (χ4n) is 3.03. The van der Waals surface area contributed by atoms with Crippen molar-refractivity contribution < 1.29 is 4.42 Å². The smallest absolute Gasteiger partial charge is 0.123 e. The first-order valence-corrected chi connectivity index (χ1v) is 7.13. The third kappa shape index (κ3) is 2.45. The van der Waals surface area contributed by atoms with Gasteiger partial charge in [-0.05, 0) is 48.9 Å². The van der Waals surface area contributed by atoms with Crippen molar-refractivity contribution >= 4 is 0 Å². The molecule has 0 radical (unpaired) electrons. The van der Waals surface area contributed by atoms with Crippen molar-refractivity contribution in [1.29, 1.82) is 0 Å². The molecule has 100 valence electrons. The highest BCUT2D eigenvalue weighted by atomic mass is 16.3. The summed E-state index contributed by atoms with van der Waals surface area (Å²) in [5.74, 6) is 2.45. The van der Waals surface area contributed by atoms with Crippen LogP contribution >= 0.6 is 0 Å². The van der Waals surface area contributed by atoms with Crippen molar-refractivity contribution in [3.05, 3.63) is 59.5 Å². The van der Waals surface area contributed by atoms with Crippen molar-refractivity contribution in [2.24, 2.45) is 5.92 Å². The number of hydrogen-bond acceptors (Lipinski definition) is 2. The van der Waals surface area contributed by atoms with E-state index >= 15 is 0 Å². The monoisotopic (exact) mass is 255 g/mol. The summed E-state index contributed by atoms with van der Waals surface area (Å²) in [7, 11) is 0. The van der Waals surface area contributed by atoms with Crippen LogP contribution in [0.25, 0.3) is 0 Å². The molecule has 2 aromatic rings. The van der Waals surface area contributed by atoms with Crippen LogP contribution in [0.15, 0.2) is 47.1 Å². The molecule has 2 heteroatoms. The normalized spacial score (nSPS) is 23.3. The molecule has 3 atom stereocenters. The lowest BCUT2D eigenvalue weighted by Crippen LogP contribution is -2.23. The predicted molar refractivity (Wildman–Crippen MR) is 77.2 cm³/mol. The minimum absolute atomic E-state index is 0.352. The average Bonchev–Trinajstić information content (AvgIpc) is 3.12. The van der Waals surface area contributed by atoms with Gasteiger partial charge in [-0.2, -0.15) is 0 Å². The van der Waals surface area contributed by atoms with E-state index in [1.807, 2.05) is 0 Å². The summed E-state index contributed by atoms with van der Waals surface area (Å²) in [6, 6.07) is 13.2. The molecule has 3 unspecified atom stereocenters. The van der Waals surface area contributed by atoms with E-state index in [0.29, 0.717) is 17.9 Å². The van der Waals surface area contributed by atoms with Crippen LogP contribution in [0.2, 0.25) is 0 Å². The van der Waals surface area contributed by atoms with Gasteiger partial charge in [0.05, 0.1) is 12.3 Å². The number of aryl methyl sites for hydroxylation is 1. The molecule has 1 heterocycles. The molecular weight excluding hydrogens is 234 g/mol. The van der Waals surface area contributed by atoms with Crippen molar-refractivity contribution in [2.45, 2.75) is 32.2 Å². The van der Waals surface area contributed by atoms with E-state index in [2.05, 4.69) is 55.6 Å². The van der Waals surface area contributed by atoms with Gasteiger partial charge in [-0.1, -0.05) is 37.3 Å². The lowest BCUT2D eigenvalue weighted by atomic mass is 10.0. The summed E-state index contributed by atoms with van der Waals surface area (Å²) in [4.78, 5) is 0. The largest absolute Gasteiger partial charge is 0.467 e. The first kappa shape index (κ1) is 12.5. The van der Waals surface area contributed by atoms with Crippen LogP contribution in [0, 0.1) is 12.8 Å². The molecule has 0 spiro atoms. The van der Waals surface area contributed by atoms with Gasteiger partial charge in [-0.25, -0.2) is 0 Å². The molecule has 1 aromatic heterocycles. The maximum atomic E-state index is 5.70. The standard InChI is InChI=1S/C17H21NO/c1-3-18-16(17-12(2)9-10-19-17)15-11-14(15)13-7-5-4-6-8-13/h4-10,14-16,18H,3,11H2,1-2H3. The highest BCUT2D eigenvalue weighted by Crippen LogP contribution is 2.54. The van der Waals surface area contributed by atoms with Crippen LogP contribution in [0.1, 0.15) is 42.2 Å². The number of rotatable bonds is 5. The second-order valence-electron chi connectivity index (χ2n) is 5.42. The summed E-state index contributed by atoms with van der Waals surface area (Å²) in [5.41, 5.74) is 2.71. The zero-order valence-electron chi connectivity index (χ0n) is 11.6. The molecule has 2 nitrogen and oxygen atoms in total. The van der Waals surface area contributed by atoms with Gasteiger partial charge in [0.15, 0.2) is 0 Å². The molecular formula is C17H21NO. The third-order valence-electron chi connectivity index (χ3n) is 4.10. The van der Waals surface area contributed by atoms with Gasteiger partial charge in [-0.3, -0.25) is 0 Å². The number of hydrogen-bond donors (Lipinski definition) is 1. The molecule has 0 saturated heterocycles. The number of benzene rings is 1.